The summed E-state index contributed by atoms with van der Waals surface area (Å²) in [4.78, 5) is 0. The quantitative estimate of drug-likeness (QED) is 0.309. The fraction of sp³-hybridized carbons (Fsp3) is 1.00. The second-order valence-corrected chi connectivity index (χ2v) is 13.0. The number of rotatable bonds is 14. The topological polar surface area (TPSA) is 26.0 Å². The Kier molecular flexibility index (Phi) is 13.3. The van der Waals surface area contributed by atoms with Crippen molar-refractivity contribution < 1.29 is 0 Å². The molecule has 0 saturated heterocycles. The fourth-order valence-corrected chi connectivity index (χ4v) is 3.88. The third-order valence-corrected chi connectivity index (χ3v) is 5.73. The van der Waals surface area contributed by atoms with E-state index in [-0.39, 0.29) is 0 Å². The molecule has 0 saturated carbocycles. The molecule has 116 valence electrons. The second-order valence-electron chi connectivity index (χ2n) is 7.34. The lowest BCUT2D eigenvalue weighted by atomic mass is 10.1. The summed E-state index contributed by atoms with van der Waals surface area (Å²) in [5.74, 6) is 0. The molecule has 0 amide bonds. The zero-order chi connectivity index (χ0) is 14.4. The number of hydrogen-bond acceptors (Lipinski definition) is 1. The molecular formula is C17H39NSi. The molecule has 0 aliphatic carbocycles. The predicted molar refractivity (Wildman–Crippen MR) is 92.6 cm³/mol. The Labute approximate surface area is 123 Å². The summed E-state index contributed by atoms with van der Waals surface area (Å²) in [6.07, 6.45) is 17.1. The maximum atomic E-state index is 5.48. The van der Waals surface area contributed by atoms with Crippen LogP contribution in [0.3, 0.4) is 0 Å². The summed E-state index contributed by atoms with van der Waals surface area (Å²) in [6, 6.07) is 1.52. The Hall–Kier alpha value is 0.177. The van der Waals surface area contributed by atoms with Crippen LogP contribution in [0.4, 0.5) is 0 Å². The van der Waals surface area contributed by atoms with Crippen molar-refractivity contribution in [2.24, 2.45) is 5.73 Å². The summed E-state index contributed by atoms with van der Waals surface area (Å²) in [7, 11) is -0.765. The zero-order valence-corrected chi connectivity index (χ0v) is 15.0. The van der Waals surface area contributed by atoms with Crippen molar-refractivity contribution in [2.45, 2.75) is 103 Å². The van der Waals surface area contributed by atoms with Gasteiger partial charge in [0, 0.05) is 8.07 Å². The molecule has 2 heteroatoms. The monoisotopic (exact) mass is 285 g/mol. The molecule has 0 unspecified atom stereocenters. The highest BCUT2D eigenvalue weighted by Crippen LogP contribution is 2.16. The molecule has 0 aliphatic heterocycles. The van der Waals surface area contributed by atoms with Crippen LogP contribution in [0.25, 0.3) is 0 Å². The van der Waals surface area contributed by atoms with Gasteiger partial charge in [0.25, 0.3) is 0 Å². The van der Waals surface area contributed by atoms with Crippen LogP contribution in [0, 0.1) is 0 Å². The lowest BCUT2D eigenvalue weighted by Gasteiger charge is -2.14. The van der Waals surface area contributed by atoms with Gasteiger partial charge in [0.1, 0.15) is 0 Å². The van der Waals surface area contributed by atoms with Crippen molar-refractivity contribution in [3.63, 3.8) is 0 Å². The molecule has 0 aliphatic rings. The van der Waals surface area contributed by atoms with Crippen LogP contribution in [-0.2, 0) is 0 Å². The first-order valence-electron chi connectivity index (χ1n) is 8.76. The molecule has 0 aromatic heterocycles. The first-order chi connectivity index (χ1) is 9.06. The third kappa shape index (κ3) is 18.2. The normalized spacial score (nSPS) is 12.0. The van der Waals surface area contributed by atoms with E-state index in [1.165, 1.54) is 83.1 Å². The minimum Gasteiger partial charge on any atom is -0.330 e. The zero-order valence-electron chi connectivity index (χ0n) is 14.0. The molecule has 0 fully saturated rings. The van der Waals surface area contributed by atoms with Crippen molar-refractivity contribution in [1.82, 2.24) is 0 Å². The Bertz CT molecular complexity index is 175. The minimum atomic E-state index is -0.765. The molecule has 19 heavy (non-hydrogen) atoms. The van der Waals surface area contributed by atoms with Crippen molar-refractivity contribution in [3.8, 4) is 0 Å². The van der Waals surface area contributed by atoms with Gasteiger partial charge in [-0.25, -0.2) is 0 Å². The van der Waals surface area contributed by atoms with Crippen LogP contribution in [0.15, 0.2) is 0 Å². The standard InChI is InChI=1S/C17H39NSi/c1-19(2,3)17-15-13-11-9-7-5-4-6-8-10-12-14-16-18/h4-18H2,1-3H3. The van der Waals surface area contributed by atoms with Crippen molar-refractivity contribution in [3.05, 3.63) is 0 Å². The highest BCUT2D eigenvalue weighted by Gasteiger charge is 2.11. The highest BCUT2D eigenvalue weighted by molar-refractivity contribution is 6.76. The maximum absolute atomic E-state index is 5.48. The summed E-state index contributed by atoms with van der Waals surface area (Å²) in [5.41, 5.74) is 5.48. The summed E-state index contributed by atoms with van der Waals surface area (Å²) in [6.45, 7) is 8.33. The summed E-state index contributed by atoms with van der Waals surface area (Å²) < 4.78 is 0. The molecule has 0 aromatic rings. The molecular weight excluding hydrogens is 246 g/mol. The van der Waals surface area contributed by atoms with Gasteiger partial charge in [-0.1, -0.05) is 96.3 Å². The Morgan fingerprint density at radius 3 is 1.16 bits per heavy atom. The lowest BCUT2D eigenvalue weighted by Crippen LogP contribution is -2.18. The fourth-order valence-electron chi connectivity index (χ4n) is 2.57. The summed E-state index contributed by atoms with van der Waals surface area (Å²) >= 11 is 0. The minimum absolute atomic E-state index is 0.765. The smallest absolute Gasteiger partial charge is 0.0442 e. The van der Waals surface area contributed by atoms with E-state index in [4.69, 9.17) is 5.73 Å². The van der Waals surface area contributed by atoms with Gasteiger partial charge in [-0.05, 0) is 13.0 Å². The van der Waals surface area contributed by atoms with Gasteiger partial charge in [0.15, 0.2) is 0 Å². The Balaban J connectivity index is 2.99. The van der Waals surface area contributed by atoms with Crippen LogP contribution < -0.4 is 5.73 Å². The van der Waals surface area contributed by atoms with Gasteiger partial charge in [0.2, 0.25) is 0 Å². The predicted octanol–water partition coefficient (Wildman–Crippen LogP) is 5.96. The van der Waals surface area contributed by atoms with Gasteiger partial charge >= 0.3 is 0 Å². The number of unbranched alkanes of at least 4 members (excludes halogenated alkanes) is 11. The highest BCUT2D eigenvalue weighted by atomic mass is 28.3. The Morgan fingerprint density at radius 1 is 0.526 bits per heavy atom. The first-order valence-corrected chi connectivity index (χ1v) is 12.5. The maximum Gasteiger partial charge on any atom is 0.0442 e. The van der Waals surface area contributed by atoms with Crippen LogP contribution >= 0.6 is 0 Å². The molecule has 0 radical (unpaired) electrons. The molecule has 2 N–H and O–H groups in total. The second kappa shape index (κ2) is 13.2. The van der Waals surface area contributed by atoms with E-state index in [0.717, 1.165) is 6.54 Å². The van der Waals surface area contributed by atoms with Gasteiger partial charge in [-0.2, -0.15) is 0 Å². The average Bonchev–Trinajstić information content (AvgIpc) is 2.34. The van der Waals surface area contributed by atoms with Crippen LogP contribution in [-0.4, -0.2) is 14.6 Å². The molecule has 0 heterocycles. The molecule has 1 nitrogen and oxygen atoms in total. The first kappa shape index (κ1) is 19.2. The Morgan fingerprint density at radius 2 is 0.842 bits per heavy atom. The van der Waals surface area contributed by atoms with Gasteiger partial charge in [-0.3, -0.25) is 0 Å². The van der Waals surface area contributed by atoms with Crippen LogP contribution in [0.2, 0.25) is 25.7 Å². The van der Waals surface area contributed by atoms with E-state index >= 15 is 0 Å². The number of hydrogen-bond donors (Lipinski definition) is 1. The van der Waals surface area contributed by atoms with E-state index in [0.29, 0.717) is 0 Å². The molecule has 0 bridgehead atoms. The largest absolute Gasteiger partial charge is 0.330 e. The van der Waals surface area contributed by atoms with Crippen LogP contribution in [0.1, 0.15) is 77.0 Å². The SMILES string of the molecule is C[Si](C)(C)CCCCCCCCCCCCCCN. The third-order valence-electron chi connectivity index (χ3n) is 3.88. The molecule has 0 atom stereocenters. The van der Waals surface area contributed by atoms with E-state index in [1.54, 1.807) is 0 Å². The van der Waals surface area contributed by atoms with E-state index in [2.05, 4.69) is 19.6 Å². The lowest BCUT2D eigenvalue weighted by molar-refractivity contribution is 0.545. The van der Waals surface area contributed by atoms with E-state index in [9.17, 15) is 0 Å². The molecule has 0 aromatic carbocycles. The van der Waals surface area contributed by atoms with Gasteiger partial charge in [-0.15, -0.1) is 0 Å². The van der Waals surface area contributed by atoms with Gasteiger partial charge < -0.3 is 5.73 Å². The van der Waals surface area contributed by atoms with Crippen LogP contribution in [0.5, 0.6) is 0 Å². The van der Waals surface area contributed by atoms with Crippen molar-refractivity contribution >= 4 is 8.07 Å². The van der Waals surface area contributed by atoms with Crippen molar-refractivity contribution in [1.29, 1.82) is 0 Å². The molecule has 0 spiro atoms. The van der Waals surface area contributed by atoms with Gasteiger partial charge in [0.05, 0.1) is 0 Å². The van der Waals surface area contributed by atoms with E-state index < -0.39 is 8.07 Å². The average molecular weight is 286 g/mol. The van der Waals surface area contributed by atoms with Crippen molar-refractivity contribution in [2.75, 3.05) is 6.54 Å². The van der Waals surface area contributed by atoms with E-state index in [1.807, 2.05) is 0 Å². The number of nitrogens with two attached hydrogens (primary N) is 1. The molecule has 0 rings (SSSR count). The summed E-state index contributed by atoms with van der Waals surface area (Å²) in [5, 5.41) is 0.